The number of piperidine rings is 1. The van der Waals surface area contributed by atoms with Crippen LogP contribution in [0.4, 0.5) is 5.69 Å². The maximum atomic E-state index is 12.7. The molecule has 3 nitrogen and oxygen atoms in total. The van der Waals surface area contributed by atoms with Crippen LogP contribution in [0.2, 0.25) is 0 Å². The number of likely N-dealkylation sites (tertiary alicyclic amines) is 1. The Balaban J connectivity index is 1.97. The fourth-order valence-electron chi connectivity index (χ4n) is 2.90. The molecule has 1 saturated heterocycles. The van der Waals surface area contributed by atoms with Gasteiger partial charge in [-0.2, -0.15) is 0 Å². The fraction of sp³-hybridized carbons (Fsp3) is 0.438. The van der Waals surface area contributed by atoms with Gasteiger partial charge in [0, 0.05) is 23.2 Å². The number of nitrogens with two attached hydrogens (primary N) is 1. The minimum atomic E-state index is 0.105. The Morgan fingerprint density at radius 3 is 3.00 bits per heavy atom. The van der Waals surface area contributed by atoms with Gasteiger partial charge < -0.3 is 10.6 Å². The van der Waals surface area contributed by atoms with Crippen LogP contribution in [0.1, 0.15) is 35.0 Å². The van der Waals surface area contributed by atoms with Crippen LogP contribution in [0, 0.1) is 12.8 Å². The highest BCUT2D eigenvalue weighted by Gasteiger charge is 2.25. The zero-order valence-electron chi connectivity index (χ0n) is 12.0. The van der Waals surface area contributed by atoms with Gasteiger partial charge in [0.05, 0.1) is 5.69 Å². The van der Waals surface area contributed by atoms with E-state index in [9.17, 15) is 4.79 Å². The van der Waals surface area contributed by atoms with Crippen molar-refractivity contribution < 1.29 is 4.79 Å². The molecule has 2 heterocycles. The second-order valence-corrected chi connectivity index (χ2v) is 6.90. The van der Waals surface area contributed by atoms with Gasteiger partial charge in [-0.25, -0.2) is 0 Å². The number of hydrogen-bond donors (Lipinski definition) is 1. The quantitative estimate of drug-likeness (QED) is 0.870. The average molecular weight is 288 g/mol. The SMILES string of the molecule is Cc1ccc2c(N)c(C(=O)N3CCCC(C)C3)sc2c1. The summed E-state index contributed by atoms with van der Waals surface area (Å²) in [7, 11) is 0. The van der Waals surface area contributed by atoms with Crippen LogP contribution in [0.3, 0.4) is 0 Å². The fourth-order valence-corrected chi connectivity index (χ4v) is 4.09. The first kappa shape index (κ1) is 13.4. The predicted octanol–water partition coefficient (Wildman–Crippen LogP) is 3.66. The third kappa shape index (κ3) is 2.29. The van der Waals surface area contributed by atoms with Crippen molar-refractivity contribution in [1.82, 2.24) is 4.90 Å². The Morgan fingerprint density at radius 1 is 1.45 bits per heavy atom. The highest BCUT2D eigenvalue weighted by Crippen LogP contribution is 2.35. The van der Waals surface area contributed by atoms with Crippen molar-refractivity contribution in [2.75, 3.05) is 18.8 Å². The summed E-state index contributed by atoms with van der Waals surface area (Å²) in [6.45, 7) is 5.97. The van der Waals surface area contributed by atoms with E-state index in [1.54, 1.807) is 0 Å². The van der Waals surface area contributed by atoms with Crippen LogP contribution < -0.4 is 5.73 Å². The molecule has 2 N–H and O–H groups in total. The molecule has 0 aliphatic carbocycles. The monoisotopic (exact) mass is 288 g/mol. The number of anilines is 1. The molecule has 1 atom stereocenters. The molecule has 20 heavy (non-hydrogen) atoms. The highest BCUT2D eigenvalue weighted by atomic mass is 32.1. The number of benzene rings is 1. The van der Waals surface area contributed by atoms with E-state index in [1.807, 2.05) is 17.0 Å². The average Bonchev–Trinajstić information content (AvgIpc) is 2.74. The van der Waals surface area contributed by atoms with Crippen molar-refractivity contribution in [3.8, 4) is 0 Å². The van der Waals surface area contributed by atoms with Crippen molar-refractivity contribution in [2.45, 2.75) is 26.7 Å². The Hall–Kier alpha value is -1.55. The summed E-state index contributed by atoms with van der Waals surface area (Å²) < 4.78 is 1.11. The molecular weight excluding hydrogens is 268 g/mol. The molecule has 1 aliphatic rings. The van der Waals surface area contributed by atoms with Crippen molar-refractivity contribution in [3.63, 3.8) is 0 Å². The zero-order valence-corrected chi connectivity index (χ0v) is 12.8. The van der Waals surface area contributed by atoms with Gasteiger partial charge in [-0.05, 0) is 37.3 Å². The molecular formula is C16H20N2OS. The lowest BCUT2D eigenvalue weighted by Gasteiger charge is -2.30. The van der Waals surface area contributed by atoms with Gasteiger partial charge in [0.2, 0.25) is 0 Å². The predicted molar refractivity (Wildman–Crippen MR) is 85.3 cm³/mol. The molecule has 106 valence electrons. The molecule has 0 radical (unpaired) electrons. The third-order valence-electron chi connectivity index (χ3n) is 4.02. The van der Waals surface area contributed by atoms with Gasteiger partial charge in [0.1, 0.15) is 4.88 Å². The normalized spacial score (nSPS) is 19.5. The number of nitrogen functional groups attached to an aromatic ring is 1. The van der Waals surface area contributed by atoms with Crippen molar-refractivity contribution in [3.05, 3.63) is 28.6 Å². The van der Waals surface area contributed by atoms with Gasteiger partial charge in [-0.3, -0.25) is 4.79 Å². The number of carbonyl (C=O) groups excluding carboxylic acids is 1. The number of hydrogen-bond acceptors (Lipinski definition) is 3. The molecule has 1 amide bonds. The Kier molecular flexibility index (Phi) is 3.42. The highest BCUT2D eigenvalue weighted by molar-refractivity contribution is 7.21. The third-order valence-corrected chi connectivity index (χ3v) is 5.18. The number of nitrogens with zero attached hydrogens (tertiary/aromatic N) is 1. The number of aryl methyl sites for hydroxylation is 1. The summed E-state index contributed by atoms with van der Waals surface area (Å²) in [6.07, 6.45) is 2.31. The lowest BCUT2D eigenvalue weighted by Crippen LogP contribution is -2.38. The number of thiophene rings is 1. The minimum Gasteiger partial charge on any atom is -0.397 e. The van der Waals surface area contributed by atoms with Crippen LogP contribution in [0.25, 0.3) is 10.1 Å². The van der Waals surface area contributed by atoms with E-state index in [4.69, 9.17) is 5.73 Å². The number of carbonyl (C=O) groups is 1. The molecule has 1 unspecified atom stereocenters. The second-order valence-electron chi connectivity index (χ2n) is 5.84. The largest absolute Gasteiger partial charge is 0.397 e. The standard InChI is InChI=1S/C16H20N2OS/c1-10-5-6-12-13(8-10)20-15(14(12)17)16(19)18-7-3-4-11(2)9-18/h5-6,8,11H,3-4,7,9,17H2,1-2H3. The number of rotatable bonds is 1. The van der Waals surface area contributed by atoms with Crippen LogP contribution in [-0.2, 0) is 0 Å². The number of amides is 1. The van der Waals surface area contributed by atoms with Gasteiger partial charge in [-0.1, -0.05) is 19.1 Å². The van der Waals surface area contributed by atoms with E-state index < -0.39 is 0 Å². The maximum absolute atomic E-state index is 12.7. The molecule has 0 spiro atoms. The van der Waals surface area contributed by atoms with E-state index in [0.29, 0.717) is 16.5 Å². The van der Waals surface area contributed by atoms with Gasteiger partial charge in [-0.15, -0.1) is 11.3 Å². The summed E-state index contributed by atoms with van der Waals surface area (Å²) >= 11 is 1.52. The van der Waals surface area contributed by atoms with Gasteiger partial charge in [0.15, 0.2) is 0 Å². The zero-order chi connectivity index (χ0) is 14.3. The van der Waals surface area contributed by atoms with E-state index in [1.165, 1.54) is 23.3 Å². The van der Waals surface area contributed by atoms with E-state index in [2.05, 4.69) is 19.9 Å². The van der Waals surface area contributed by atoms with Crippen LogP contribution in [-0.4, -0.2) is 23.9 Å². The molecule has 1 aromatic carbocycles. The smallest absolute Gasteiger partial charge is 0.266 e. The second kappa shape index (κ2) is 5.09. The Labute approximate surface area is 123 Å². The molecule has 3 rings (SSSR count). The van der Waals surface area contributed by atoms with Crippen molar-refractivity contribution in [1.29, 1.82) is 0 Å². The van der Waals surface area contributed by atoms with E-state index in [-0.39, 0.29) is 5.91 Å². The first-order valence-corrected chi connectivity index (χ1v) is 7.96. The summed E-state index contributed by atoms with van der Waals surface area (Å²) in [4.78, 5) is 15.3. The van der Waals surface area contributed by atoms with E-state index >= 15 is 0 Å². The maximum Gasteiger partial charge on any atom is 0.266 e. The number of fused-ring (bicyclic) bond motifs is 1. The topological polar surface area (TPSA) is 46.3 Å². The van der Waals surface area contributed by atoms with Crippen LogP contribution in [0.5, 0.6) is 0 Å². The molecule has 1 aromatic heterocycles. The molecule has 1 aliphatic heterocycles. The lowest BCUT2D eigenvalue weighted by molar-refractivity contribution is 0.0689. The van der Waals surface area contributed by atoms with Gasteiger partial charge >= 0.3 is 0 Å². The molecule has 1 fully saturated rings. The van der Waals surface area contributed by atoms with Crippen molar-refractivity contribution >= 4 is 33.0 Å². The summed E-state index contributed by atoms with van der Waals surface area (Å²) in [5.41, 5.74) is 8.04. The molecule has 0 saturated carbocycles. The molecule has 2 aromatic rings. The van der Waals surface area contributed by atoms with Crippen LogP contribution in [0.15, 0.2) is 18.2 Å². The van der Waals surface area contributed by atoms with Crippen molar-refractivity contribution in [2.24, 2.45) is 5.92 Å². The van der Waals surface area contributed by atoms with Crippen LogP contribution >= 0.6 is 11.3 Å². The summed E-state index contributed by atoms with van der Waals surface area (Å²) in [5.74, 6) is 0.693. The van der Waals surface area contributed by atoms with Gasteiger partial charge in [0.25, 0.3) is 5.91 Å². The Bertz CT molecular complexity index is 662. The first-order valence-electron chi connectivity index (χ1n) is 7.14. The summed E-state index contributed by atoms with van der Waals surface area (Å²) in [5, 5.41) is 1.01. The molecule has 0 bridgehead atoms. The first-order chi connectivity index (χ1) is 9.56. The van der Waals surface area contributed by atoms with E-state index in [0.717, 1.165) is 29.6 Å². The minimum absolute atomic E-state index is 0.105. The summed E-state index contributed by atoms with van der Waals surface area (Å²) in [6, 6.07) is 6.17. The Morgan fingerprint density at radius 2 is 2.25 bits per heavy atom. The lowest BCUT2D eigenvalue weighted by atomic mass is 10.00. The molecule has 4 heteroatoms.